The molecule has 0 bridgehead atoms. The van der Waals surface area contributed by atoms with Crippen molar-refractivity contribution in [3.63, 3.8) is 0 Å². The number of aliphatic hydroxyl groups is 2. The van der Waals surface area contributed by atoms with Gasteiger partial charge in [-0.1, -0.05) is 36.4 Å². The largest absolute Gasteiger partial charge is 0.397 e. The number of aromatic nitrogens is 8. The van der Waals surface area contributed by atoms with Gasteiger partial charge in [0.2, 0.25) is 0 Å². The molecule has 17 heteroatoms. The number of nitrogens with zero attached hydrogens (tertiary/aromatic N) is 9. The van der Waals surface area contributed by atoms with Crippen LogP contribution in [0.5, 0.6) is 0 Å². The highest BCUT2D eigenvalue weighted by molar-refractivity contribution is 5.93. The zero-order chi connectivity index (χ0) is 41.9. The molecule has 0 fully saturated rings. The molecule has 0 unspecified atom stereocenters. The summed E-state index contributed by atoms with van der Waals surface area (Å²) in [4.78, 5) is 43.0. The number of nitrogen functional groups attached to an aromatic ring is 2. The molecule has 0 saturated carbocycles. The number of rotatable bonds is 9. The summed E-state index contributed by atoms with van der Waals surface area (Å²) in [6.45, 7) is 0.518. The monoisotopic (exact) mass is 793 g/mol. The van der Waals surface area contributed by atoms with Gasteiger partial charge in [0.1, 0.15) is 11.4 Å². The molecule has 0 aliphatic rings. The van der Waals surface area contributed by atoms with Crippen molar-refractivity contribution in [3.05, 3.63) is 133 Å². The second-order valence-electron chi connectivity index (χ2n) is 13.1. The fourth-order valence-electron chi connectivity index (χ4n) is 5.81. The Morgan fingerprint density at radius 2 is 1.14 bits per heavy atom. The molecule has 300 valence electrons. The van der Waals surface area contributed by atoms with Gasteiger partial charge in [0.05, 0.1) is 48.0 Å². The third-order valence-corrected chi connectivity index (χ3v) is 8.61. The van der Waals surface area contributed by atoms with Crippen molar-refractivity contribution in [2.24, 2.45) is 5.73 Å². The van der Waals surface area contributed by atoms with E-state index in [4.69, 9.17) is 27.4 Å². The third-order valence-electron chi connectivity index (χ3n) is 8.61. The molecule has 6 heterocycles. The van der Waals surface area contributed by atoms with Gasteiger partial charge in [0.15, 0.2) is 11.6 Å². The predicted molar refractivity (Wildman–Crippen MR) is 227 cm³/mol. The molecule has 0 aliphatic heterocycles. The average molecular weight is 794 g/mol. The van der Waals surface area contributed by atoms with Gasteiger partial charge in [-0.3, -0.25) is 19.6 Å². The first-order valence-electron chi connectivity index (χ1n) is 18.3. The Balaban J connectivity index is 0.000000182. The molecule has 0 aliphatic carbocycles. The van der Waals surface area contributed by atoms with Gasteiger partial charge in [-0.15, -0.1) is 0 Å². The third kappa shape index (κ3) is 9.86. The molecule has 17 nitrogen and oxygen atoms in total. The number of aliphatic hydroxyl groups excluding tert-OH is 2. The second-order valence-corrected chi connectivity index (χ2v) is 13.1. The maximum Gasteiger partial charge on any atom is 0.272 e. The quantitative estimate of drug-likeness (QED) is 0.123. The van der Waals surface area contributed by atoms with Gasteiger partial charge in [-0.05, 0) is 59.7 Å². The van der Waals surface area contributed by atoms with E-state index in [1.807, 2.05) is 54.6 Å². The summed E-state index contributed by atoms with van der Waals surface area (Å²) in [5.41, 5.74) is 23.8. The first-order valence-corrected chi connectivity index (χ1v) is 18.3. The summed E-state index contributed by atoms with van der Waals surface area (Å²) in [7, 11) is 3.40. The Labute approximate surface area is 338 Å². The Hall–Kier alpha value is -7.60. The standard InChI is InChI=1S/C20H18N6O2.C20H18N6O.C2H7NO/c21-16-8-15(10-22-12-16)13-4-5-14-11-24-26(18(14)9-13)19-3-1-2-17(25-19)20(28)23-6-7-27;1-25(2)20(27)17-4-3-5-19(24-17)26-18-9-13(6-7-14(18)11-23-26)15-8-16(21)12-22-10-15;3-1-2-4/h1-5,8-12,27H,6-7,21H2,(H,23,28);3-12H,21H2,1-2H3;4H,1-3H2. The molecule has 8 aromatic rings. The molecule has 2 amide bonds. The fraction of sp³-hybridized carbons (Fsp3) is 0.143. The first-order chi connectivity index (χ1) is 28.6. The van der Waals surface area contributed by atoms with Crippen LogP contribution in [0.15, 0.2) is 122 Å². The summed E-state index contributed by atoms with van der Waals surface area (Å²) in [6, 6.07) is 26.2. The number of anilines is 2. The zero-order valence-electron chi connectivity index (χ0n) is 32.3. The van der Waals surface area contributed by atoms with Gasteiger partial charge in [0, 0.05) is 73.9 Å². The smallest absolute Gasteiger partial charge is 0.272 e. The fourth-order valence-corrected chi connectivity index (χ4v) is 5.81. The number of benzene rings is 2. The molecular weight excluding hydrogens is 751 g/mol. The van der Waals surface area contributed by atoms with E-state index < -0.39 is 0 Å². The van der Waals surface area contributed by atoms with Crippen LogP contribution < -0.4 is 22.5 Å². The Morgan fingerprint density at radius 1 is 0.644 bits per heavy atom. The number of hydrogen-bond acceptors (Lipinski definition) is 13. The lowest BCUT2D eigenvalue weighted by Crippen LogP contribution is -2.27. The second kappa shape index (κ2) is 19.0. The lowest BCUT2D eigenvalue weighted by molar-refractivity contribution is 0.0821. The molecule has 2 aromatic carbocycles. The van der Waals surface area contributed by atoms with Crippen LogP contribution in [0, 0.1) is 0 Å². The summed E-state index contributed by atoms with van der Waals surface area (Å²) in [5, 5.41) is 30.0. The number of fused-ring (bicyclic) bond motifs is 2. The summed E-state index contributed by atoms with van der Waals surface area (Å²) in [6.07, 6.45) is 10.3. The highest BCUT2D eigenvalue weighted by Crippen LogP contribution is 2.28. The van der Waals surface area contributed by atoms with Crippen molar-refractivity contribution in [3.8, 4) is 33.9 Å². The van der Waals surface area contributed by atoms with E-state index in [-0.39, 0.29) is 37.3 Å². The van der Waals surface area contributed by atoms with Crippen LogP contribution >= 0.6 is 0 Å². The normalized spacial score (nSPS) is 10.7. The van der Waals surface area contributed by atoms with Crippen LogP contribution in [0.3, 0.4) is 0 Å². The molecule has 0 saturated heterocycles. The van der Waals surface area contributed by atoms with E-state index in [0.29, 0.717) is 35.2 Å². The lowest BCUT2D eigenvalue weighted by Gasteiger charge is -2.11. The van der Waals surface area contributed by atoms with E-state index in [9.17, 15) is 9.59 Å². The highest BCUT2D eigenvalue weighted by atomic mass is 16.3. The van der Waals surface area contributed by atoms with Gasteiger partial charge < -0.3 is 37.6 Å². The number of nitrogens with two attached hydrogens (primary N) is 3. The molecule has 59 heavy (non-hydrogen) atoms. The predicted octanol–water partition coefficient (Wildman–Crippen LogP) is 3.49. The van der Waals surface area contributed by atoms with Gasteiger partial charge >= 0.3 is 0 Å². The minimum Gasteiger partial charge on any atom is -0.397 e. The maximum absolute atomic E-state index is 12.2. The summed E-state index contributed by atoms with van der Waals surface area (Å²) < 4.78 is 3.41. The summed E-state index contributed by atoms with van der Waals surface area (Å²) >= 11 is 0. The van der Waals surface area contributed by atoms with Crippen molar-refractivity contribution in [2.45, 2.75) is 0 Å². The molecule has 0 spiro atoms. The molecule has 6 aromatic heterocycles. The number of amides is 2. The van der Waals surface area contributed by atoms with Crippen molar-refractivity contribution >= 4 is 45.0 Å². The van der Waals surface area contributed by atoms with Crippen LogP contribution in [0.4, 0.5) is 11.4 Å². The minimum atomic E-state index is -0.348. The van der Waals surface area contributed by atoms with E-state index in [1.165, 1.54) is 4.90 Å². The number of carbonyl (C=O) groups is 2. The van der Waals surface area contributed by atoms with E-state index in [1.54, 1.807) is 91.0 Å². The Morgan fingerprint density at radius 3 is 1.59 bits per heavy atom. The van der Waals surface area contributed by atoms with E-state index in [2.05, 4.69) is 35.5 Å². The van der Waals surface area contributed by atoms with Crippen molar-refractivity contribution in [1.29, 1.82) is 0 Å². The molecule has 0 atom stereocenters. The van der Waals surface area contributed by atoms with Crippen molar-refractivity contribution in [2.75, 3.05) is 51.9 Å². The topological polar surface area (TPSA) is 255 Å². The molecule has 8 rings (SSSR count). The van der Waals surface area contributed by atoms with Gasteiger partial charge in [0.25, 0.3) is 11.8 Å². The summed E-state index contributed by atoms with van der Waals surface area (Å²) in [5.74, 6) is 0.605. The minimum absolute atomic E-state index is 0.0972. The maximum atomic E-state index is 12.2. The number of hydrogen-bond donors (Lipinski definition) is 6. The molecule has 0 radical (unpaired) electrons. The average Bonchev–Trinajstić information content (AvgIpc) is 3.90. The van der Waals surface area contributed by atoms with Crippen LogP contribution in [0.25, 0.3) is 55.7 Å². The zero-order valence-corrected chi connectivity index (χ0v) is 32.3. The molecular formula is C42H43N13O4. The molecule has 9 N–H and O–H groups in total. The lowest BCUT2D eigenvalue weighted by atomic mass is 10.1. The van der Waals surface area contributed by atoms with Crippen molar-refractivity contribution in [1.82, 2.24) is 49.7 Å². The van der Waals surface area contributed by atoms with Crippen LogP contribution in [0.2, 0.25) is 0 Å². The highest BCUT2D eigenvalue weighted by Gasteiger charge is 2.14. The van der Waals surface area contributed by atoms with Crippen LogP contribution in [0.1, 0.15) is 21.0 Å². The SMILES string of the molecule is CN(C)C(=O)c1cccc(-n2ncc3ccc(-c4cncc(N)c4)cc32)n1.NCCO.Nc1cncc(-c2ccc3cnn(-c4cccc(C(=O)NCCO)n4)c3c2)c1. The Kier molecular flexibility index (Phi) is 13.2. The van der Waals surface area contributed by atoms with Crippen LogP contribution in [-0.4, -0.2) is 107 Å². The van der Waals surface area contributed by atoms with Crippen molar-refractivity contribution < 1.29 is 19.8 Å². The van der Waals surface area contributed by atoms with E-state index in [0.717, 1.165) is 44.1 Å². The van der Waals surface area contributed by atoms with Crippen LogP contribution in [-0.2, 0) is 0 Å². The first kappa shape index (κ1) is 41.0. The number of carbonyl (C=O) groups excluding carboxylic acids is 2. The number of pyridine rings is 4. The van der Waals surface area contributed by atoms with Gasteiger partial charge in [-0.25, -0.2) is 19.3 Å². The Bertz CT molecular complexity index is 2710. The van der Waals surface area contributed by atoms with Gasteiger partial charge in [-0.2, -0.15) is 10.2 Å². The number of nitrogens with one attached hydrogen (secondary N) is 1. The van der Waals surface area contributed by atoms with E-state index >= 15 is 0 Å².